The SMILES string of the molecule is C1=CC([CH-]c2ccccc2)c2ccccc21.[C-]1=CC=CC1.[CH2]=[Ti+2]. The average molecular weight is 332 g/mol. The first-order chi connectivity index (χ1) is 11.4. The molecule has 0 heterocycles. The molecule has 2 aromatic rings. The first-order valence-electron chi connectivity index (χ1n) is 7.67. The minimum absolute atomic E-state index is 0.429. The van der Waals surface area contributed by atoms with Gasteiger partial charge in [-0.3, -0.25) is 6.08 Å². The molecule has 0 amide bonds. The molecule has 0 spiro atoms. The van der Waals surface area contributed by atoms with E-state index < -0.39 is 0 Å². The van der Waals surface area contributed by atoms with Crippen LogP contribution in [-0.4, -0.2) is 4.82 Å². The van der Waals surface area contributed by atoms with Gasteiger partial charge in [0.1, 0.15) is 0 Å². The molecule has 0 saturated carbocycles. The zero-order valence-electron chi connectivity index (χ0n) is 13.2. The Kier molecular flexibility index (Phi) is 7.59. The molecule has 0 aromatic heterocycles. The molecule has 1 unspecified atom stereocenters. The average Bonchev–Trinajstić information content (AvgIpc) is 3.32. The van der Waals surface area contributed by atoms with Crippen molar-refractivity contribution in [2.75, 3.05) is 0 Å². The van der Waals surface area contributed by atoms with E-state index in [2.05, 4.69) is 90.1 Å². The van der Waals surface area contributed by atoms with E-state index >= 15 is 0 Å². The molecule has 4 rings (SSSR count). The van der Waals surface area contributed by atoms with Gasteiger partial charge in [0.05, 0.1) is 0 Å². The van der Waals surface area contributed by atoms with Crippen LogP contribution < -0.4 is 0 Å². The van der Waals surface area contributed by atoms with Gasteiger partial charge in [0.15, 0.2) is 0 Å². The Morgan fingerprint density at radius 1 is 1.00 bits per heavy atom. The number of fused-ring (bicyclic) bond motifs is 1. The Balaban J connectivity index is 0.000000232. The van der Waals surface area contributed by atoms with Crippen LogP contribution >= 0.6 is 0 Å². The van der Waals surface area contributed by atoms with Gasteiger partial charge in [0.25, 0.3) is 0 Å². The molecule has 0 aliphatic heterocycles. The summed E-state index contributed by atoms with van der Waals surface area (Å²) in [6.07, 6.45) is 16.8. The first kappa shape index (κ1) is 17.5. The van der Waals surface area contributed by atoms with Gasteiger partial charge in [-0.2, -0.15) is 30.2 Å². The van der Waals surface area contributed by atoms with E-state index in [-0.39, 0.29) is 0 Å². The normalized spacial score (nSPS) is 16.0. The number of rotatable bonds is 2. The van der Waals surface area contributed by atoms with Gasteiger partial charge < -0.3 is 0 Å². The Bertz CT molecular complexity index is 670. The second-order valence-electron chi connectivity index (χ2n) is 5.09. The third-order valence-corrected chi connectivity index (χ3v) is 3.60. The predicted octanol–water partition coefficient (Wildman–Crippen LogP) is 5.32. The van der Waals surface area contributed by atoms with Gasteiger partial charge in [-0.25, -0.2) is 12.2 Å². The van der Waals surface area contributed by atoms with Crippen LogP contribution in [0.2, 0.25) is 0 Å². The standard InChI is InChI=1S/C16H13.C5H5.CH2.Ti/c1-2-6-13(7-3-1)12-15-11-10-14-8-4-5-9-16(14)15;1-2-4-5-3-1;;/h1-12,15H;1-3H,4H2;1H2;/q2*-1;;+2. The molecule has 0 fully saturated rings. The summed E-state index contributed by atoms with van der Waals surface area (Å²) in [6.45, 7) is 0. The van der Waals surface area contributed by atoms with Crippen molar-refractivity contribution in [1.82, 2.24) is 0 Å². The molecule has 0 saturated heterocycles. The molecular weight excluding hydrogens is 312 g/mol. The van der Waals surface area contributed by atoms with Crippen LogP contribution in [0.5, 0.6) is 0 Å². The summed E-state index contributed by atoms with van der Waals surface area (Å²) in [5.74, 6) is 0.429. The molecule has 0 radical (unpaired) electrons. The Hall–Kier alpha value is -1.89. The molecule has 1 heteroatoms. The third-order valence-electron chi connectivity index (χ3n) is 3.60. The van der Waals surface area contributed by atoms with Gasteiger partial charge in [0.2, 0.25) is 0 Å². The molecule has 0 N–H and O–H groups in total. The van der Waals surface area contributed by atoms with Crippen molar-refractivity contribution in [3.05, 3.63) is 108 Å². The monoisotopic (exact) mass is 332 g/mol. The van der Waals surface area contributed by atoms with Crippen LogP contribution in [0, 0.1) is 12.5 Å². The zero-order chi connectivity index (χ0) is 16.3. The van der Waals surface area contributed by atoms with Crippen LogP contribution in [0.4, 0.5) is 0 Å². The molecule has 2 aliphatic rings. The van der Waals surface area contributed by atoms with Crippen molar-refractivity contribution in [2.24, 2.45) is 0 Å². The Morgan fingerprint density at radius 3 is 2.39 bits per heavy atom. The van der Waals surface area contributed by atoms with Gasteiger partial charge >= 0.3 is 24.8 Å². The second kappa shape index (κ2) is 10.00. The molecule has 0 bridgehead atoms. The fraction of sp³-hybridized carbons (Fsp3) is 0.0909. The van der Waals surface area contributed by atoms with Crippen LogP contribution in [0.3, 0.4) is 0 Å². The van der Waals surface area contributed by atoms with Crippen molar-refractivity contribution >= 4 is 10.9 Å². The fourth-order valence-corrected chi connectivity index (χ4v) is 2.53. The van der Waals surface area contributed by atoms with Crippen molar-refractivity contribution < 1.29 is 20.0 Å². The molecule has 2 aliphatic carbocycles. The van der Waals surface area contributed by atoms with E-state index in [4.69, 9.17) is 0 Å². The summed E-state index contributed by atoms with van der Waals surface area (Å²) in [7, 11) is 0. The van der Waals surface area contributed by atoms with E-state index in [9.17, 15) is 0 Å². The van der Waals surface area contributed by atoms with Crippen molar-refractivity contribution in [2.45, 2.75) is 12.3 Å². The van der Waals surface area contributed by atoms with Crippen LogP contribution in [0.1, 0.15) is 29.0 Å². The summed E-state index contributed by atoms with van der Waals surface area (Å²) in [5, 5.41) is 0. The summed E-state index contributed by atoms with van der Waals surface area (Å²) >= 11 is 1.75. The van der Waals surface area contributed by atoms with Crippen LogP contribution in [0.25, 0.3) is 6.08 Å². The molecule has 1 atom stereocenters. The fourth-order valence-electron chi connectivity index (χ4n) is 2.53. The summed E-state index contributed by atoms with van der Waals surface area (Å²) < 4.78 is 0. The third kappa shape index (κ3) is 5.35. The number of allylic oxidation sites excluding steroid dienone is 5. The van der Waals surface area contributed by atoms with Crippen molar-refractivity contribution in [3.8, 4) is 0 Å². The quantitative estimate of drug-likeness (QED) is 0.516. The molecule has 2 aromatic carbocycles. The maximum absolute atomic E-state index is 3.25. The van der Waals surface area contributed by atoms with Crippen molar-refractivity contribution in [3.63, 3.8) is 0 Å². The predicted molar refractivity (Wildman–Crippen MR) is 96.8 cm³/mol. The molecular formula is C22H20Ti. The van der Waals surface area contributed by atoms with E-state index in [0.717, 1.165) is 6.42 Å². The van der Waals surface area contributed by atoms with Gasteiger partial charge in [-0.1, -0.05) is 42.5 Å². The van der Waals surface area contributed by atoms with E-state index in [1.807, 2.05) is 12.2 Å². The van der Waals surface area contributed by atoms with Crippen molar-refractivity contribution in [1.29, 1.82) is 0 Å². The number of hydrogen-bond donors (Lipinski definition) is 0. The summed E-state index contributed by atoms with van der Waals surface area (Å²) in [4.78, 5) is 3.25. The topological polar surface area (TPSA) is 0 Å². The second-order valence-corrected chi connectivity index (χ2v) is 5.09. The summed E-state index contributed by atoms with van der Waals surface area (Å²) in [5.41, 5.74) is 4.04. The van der Waals surface area contributed by atoms with Crippen LogP contribution in [-0.2, 0) is 20.0 Å². The van der Waals surface area contributed by atoms with Gasteiger partial charge in [-0.05, 0) is 17.0 Å². The first-order valence-corrected chi connectivity index (χ1v) is 8.78. The number of benzene rings is 2. The zero-order valence-corrected chi connectivity index (χ0v) is 14.7. The summed E-state index contributed by atoms with van der Waals surface area (Å²) in [6, 6.07) is 19.1. The van der Waals surface area contributed by atoms with E-state index in [1.54, 1.807) is 20.0 Å². The van der Waals surface area contributed by atoms with Crippen LogP contribution in [0.15, 0.2) is 78.9 Å². The van der Waals surface area contributed by atoms with E-state index in [0.29, 0.717) is 5.92 Å². The Labute approximate surface area is 151 Å². The molecule has 23 heavy (non-hydrogen) atoms. The number of hydrogen-bond acceptors (Lipinski definition) is 0. The Morgan fingerprint density at radius 2 is 1.74 bits per heavy atom. The minimum atomic E-state index is 0.429. The molecule has 0 nitrogen and oxygen atoms in total. The van der Waals surface area contributed by atoms with E-state index in [1.165, 1.54) is 16.7 Å². The van der Waals surface area contributed by atoms with Gasteiger partial charge in [-0.15, -0.1) is 18.6 Å². The maximum atomic E-state index is 3.25. The van der Waals surface area contributed by atoms with Gasteiger partial charge in [0, 0.05) is 0 Å². The molecule has 112 valence electrons.